The number of thiocarbonyl (C=S) groups is 1. The smallest absolute Gasteiger partial charge is 0.269 e. The summed E-state index contributed by atoms with van der Waals surface area (Å²) in [5, 5.41) is 14.0. The quantitative estimate of drug-likeness (QED) is 0.313. The first kappa shape index (κ1) is 22.6. The second-order valence-corrected chi connectivity index (χ2v) is 9.49. The average molecular weight is 460 g/mol. The Hall–Kier alpha value is -3.58. The predicted molar refractivity (Wildman–Crippen MR) is 134 cm³/mol. The van der Waals surface area contributed by atoms with Gasteiger partial charge in [-0.3, -0.25) is 20.2 Å². The van der Waals surface area contributed by atoms with Gasteiger partial charge in [0.2, 0.25) is 0 Å². The Bertz CT molecular complexity index is 1230. The number of non-ortho nitro benzene ring substituents is 1. The number of anilines is 1. The van der Waals surface area contributed by atoms with Crippen LogP contribution in [0.3, 0.4) is 0 Å². The molecule has 0 saturated heterocycles. The largest absolute Gasteiger partial charge is 0.313 e. The van der Waals surface area contributed by atoms with Crippen molar-refractivity contribution in [3.05, 3.63) is 106 Å². The van der Waals surface area contributed by atoms with Gasteiger partial charge in [-0.25, -0.2) is 0 Å². The molecular weight excluding hydrogens is 434 g/mol. The number of fused-ring (bicyclic) bond motifs is 1. The second-order valence-electron chi connectivity index (χ2n) is 9.10. The maximum atomic E-state index is 12.9. The highest BCUT2D eigenvalue weighted by molar-refractivity contribution is 7.80. The number of amides is 1. The van der Waals surface area contributed by atoms with Crippen LogP contribution in [0.2, 0.25) is 0 Å². The fraction of sp³-hybridized carbons (Fsp3) is 0.231. The van der Waals surface area contributed by atoms with Crippen LogP contribution in [0.15, 0.2) is 78.9 Å². The lowest BCUT2D eigenvalue weighted by atomic mass is 9.65. The molecule has 7 heteroatoms. The van der Waals surface area contributed by atoms with Crippen molar-refractivity contribution in [1.82, 2.24) is 5.32 Å². The molecule has 1 amide bonds. The van der Waals surface area contributed by atoms with Gasteiger partial charge in [0.25, 0.3) is 11.6 Å². The highest BCUT2D eigenvalue weighted by Crippen LogP contribution is 2.50. The van der Waals surface area contributed by atoms with Crippen molar-refractivity contribution in [1.29, 1.82) is 0 Å². The van der Waals surface area contributed by atoms with Gasteiger partial charge in [0.15, 0.2) is 5.11 Å². The number of nitrogens with one attached hydrogen (secondary N) is 1. The Balaban J connectivity index is 1.68. The van der Waals surface area contributed by atoms with Gasteiger partial charge in [-0.15, -0.1) is 0 Å². The molecule has 3 aromatic carbocycles. The highest BCUT2D eigenvalue weighted by Gasteiger charge is 2.46. The van der Waals surface area contributed by atoms with Crippen molar-refractivity contribution in [3.8, 4) is 0 Å². The summed E-state index contributed by atoms with van der Waals surface area (Å²) < 4.78 is 0. The van der Waals surface area contributed by atoms with E-state index in [0.717, 1.165) is 17.7 Å². The van der Waals surface area contributed by atoms with Crippen LogP contribution >= 0.6 is 12.2 Å². The van der Waals surface area contributed by atoms with E-state index >= 15 is 0 Å². The summed E-state index contributed by atoms with van der Waals surface area (Å²) in [6.45, 7) is 6.49. The zero-order valence-corrected chi connectivity index (χ0v) is 19.6. The van der Waals surface area contributed by atoms with Crippen LogP contribution in [-0.2, 0) is 5.41 Å². The molecule has 0 fully saturated rings. The first-order chi connectivity index (χ1) is 15.6. The van der Waals surface area contributed by atoms with Crippen molar-refractivity contribution in [2.24, 2.45) is 0 Å². The summed E-state index contributed by atoms with van der Waals surface area (Å²) in [5.74, 6) is -0.403. The Morgan fingerprint density at radius 3 is 2.21 bits per heavy atom. The Morgan fingerprint density at radius 1 is 0.970 bits per heavy atom. The van der Waals surface area contributed by atoms with Gasteiger partial charge in [0.05, 0.1) is 4.92 Å². The number of nitro benzene ring substituents is 1. The zero-order valence-electron chi connectivity index (χ0n) is 18.7. The summed E-state index contributed by atoms with van der Waals surface area (Å²) in [5.41, 5.74) is 2.94. The summed E-state index contributed by atoms with van der Waals surface area (Å²) in [6, 6.07) is 24.0. The summed E-state index contributed by atoms with van der Waals surface area (Å²) in [4.78, 5) is 25.3. The van der Waals surface area contributed by atoms with Gasteiger partial charge < -0.3 is 4.90 Å². The molecule has 0 bridgehead atoms. The lowest BCUT2D eigenvalue weighted by Gasteiger charge is -2.52. The molecular formula is C26H25N3O3S. The first-order valence-electron chi connectivity index (χ1n) is 10.7. The molecule has 0 spiro atoms. The third kappa shape index (κ3) is 4.12. The first-order valence-corrected chi connectivity index (χ1v) is 11.1. The van der Waals surface area contributed by atoms with Gasteiger partial charge in [0, 0.05) is 34.3 Å². The molecule has 168 valence electrons. The fourth-order valence-corrected chi connectivity index (χ4v) is 5.35. The zero-order chi connectivity index (χ0) is 23.8. The molecule has 33 heavy (non-hydrogen) atoms. The molecule has 6 nitrogen and oxygen atoms in total. The van der Waals surface area contributed by atoms with Crippen LogP contribution in [0.1, 0.15) is 48.7 Å². The monoisotopic (exact) mass is 459 g/mol. The normalized spacial score (nSPS) is 18.8. The van der Waals surface area contributed by atoms with E-state index in [1.54, 1.807) is 0 Å². The number of rotatable bonds is 3. The molecule has 0 aliphatic carbocycles. The summed E-state index contributed by atoms with van der Waals surface area (Å²) in [6.07, 6.45) is 0.786. The molecule has 0 radical (unpaired) electrons. The van der Waals surface area contributed by atoms with Crippen molar-refractivity contribution < 1.29 is 9.72 Å². The van der Waals surface area contributed by atoms with Gasteiger partial charge in [-0.05, 0) is 61.8 Å². The molecule has 1 unspecified atom stereocenters. The van der Waals surface area contributed by atoms with Crippen molar-refractivity contribution in [2.75, 3.05) is 4.90 Å². The lowest BCUT2D eigenvalue weighted by Crippen LogP contribution is -2.59. The van der Waals surface area contributed by atoms with E-state index in [4.69, 9.17) is 12.2 Å². The van der Waals surface area contributed by atoms with Gasteiger partial charge in [-0.1, -0.05) is 55.5 Å². The Kier molecular flexibility index (Phi) is 5.76. The third-order valence-corrected chi connectivity index (χ3v) is 6.59. The number of nitro groups is 1. The van der Waals surface area contributed by atoms with Crippen molar-refractivity contribution in [3.63, 3.8) is 0 Å². The van der Waals surface area contributed by atoms with E-state index < -0.39 is 16.4 Å². The number of carbonyl (C=O) groups excluding carboxylic acids is 1. The van der Waals surface area contributed by atoms with Gasteiger partial charge >= 0.3 is 0 Å². The van der Waals surface area contributed by atoms with E-state index in [1.807, 2.05) is 29.2 Å². The summed E-state index contributed by atoms with van der Waals surface area (Å²) in [7, 11) is 0. The van der Waals surface area contributed by atoms with Crippen LogP contribution in [0.4, 0.5) is 11.4 Å². The van der Waals surface area contributed by atoms with E-state index in [-0.39, 0.29) is 11.1 Å². The maximum Gasteiger partial charge on any atom is 0.269 e. The Morgan fingerprint density at radius 2 is 1.58 bits per heavy atom. The van der Waals surface area contributed by atoms with Gasteiger partial charge in [-0.2, -0.15) is 0 Å². The van der Waals surface area contributed by atoms with E-state index in [9.17, 15) is 14.9 Å². The van der Waals surface area contributed by atoms with Crippen LogP contribution in [0.5, 0.6) is 0 Å². The number of nitrogens with zero attached hydrogens (tertiary/aromatic N) is 2. The molecule has 1 aliphatic rings. The number of hydrogen-bond acceptors (Lipinski definition) is 4. The van der Waals surface area contributed by atoms with E-state index in [2.05, 4.69) is 56.4 Å². The molecule has 1 heterocycles. The van der Waals surface area contributed by atoms with Crippen LogP contribution < -0.4 is 10.2 Å². The fourth-order valence-electron chi connectivity index (χ4n) is 4.91. The predicted octanol–water partition coefficient (Wildman–Crippen LogP) is 5.60. The van der Waals surface area contributed by atoms with Crippen molar-refractivity contribution >= 4 is 34.6 Å². The lowest BCUT2D eigenvalue weighted by molar-refractivity contribution is -0.384. The van der Waals surface area contributed by atoms with Gasteiger partial charge in [0.1, 0.15) is 0 Å². The number of benzene rings is 3. The highest BCUT2D eigenvalue weighted by atomic mass is 32.1. The SMILES string of the molecule is CC1(c2ccccc2)CC(C)(C)N(C(=S)NC(=O)c2ccc([N+](=O)[O-])cc2)c2ccccc21. The standard InChI is InChI=1S/C26H25N3O3S/c1-25(2)17-26(3,19-9-5-4-6-10-19)21-11-7-8-12-22(21)28(25)24(33)27-23(30)18-13-15-20(16-14-18)29(31)32/h4-16H,17H2,1-3H3,(H,27,30,33). The minimum atomic E-state index is -0.497. The maximum absolute atomic E-state index is 12.9. The van der Waals surface area contributed by atoms with Crippen LogP contribution in [0.25, 0.3) is 0 Å². The topological polar surface area (TPSA) is 75.5 Å². The molecule has 3 aromatic rings. The molecule has 1 atom stereocenters. The molecule has 0 aromatic heterocycles. The number of hydrogen-bond donors (Lipinski definition) is 1. The van der Waals surface area contributed by atoms with Crippen LogP contribution in [0, 0.1) is 10.1 Å². The number of carbonyl (C=O) groups is 1. The third-order valence-electron chi connectivity index (χ3n) is 6.31. The molecule has 4 rings (SSSR count). The van der Waals surface area contributed by atoms with E-state index in [0.29, 0.717) is 10.7 Å². The molecule has 1 aliphatic heterocycles. The molecule has 0 saturated carbocycles. The van der Waals surface area contributed by atoms with Crippen molar-refractivity contribution in [2.45, 2.75) is 38.1 Å². The molecule has 1 N–H and O–H groups in total. The average Bonchev–Trinajstić information content (AvgIpc) is 2.79. The summed E-state index contributed by atoms with van der Waals surface area (Å²) >= 11 is 5.72. The number of para-hydroxylation sites is 1. The van der Waals surface area contributed by atoms with Crippen LogP contribution in [-0.4, -0.2) is 21.5 Å². The minimum absolute atomic E-state index is 0.0691. The van der Waals surface area contributed by atoms with E-state index in [1.165, 1.54) is 29.8 Å². The second kappa shape index (κ2) is 8.41. The Labute approximate surface area is 198 Å². The minimum Gasteiger partial charge on any atom is -0.313 e.